The Bertz CT molecular complexity index is 698. The van der Waals surface area contributed by atoms with Crippen molar-refractivity contribution in [2.24, 2.45) is 0 Å². The van der Waals surface area contributed by atoms with Crippen LogP contribution in [0.2, 0.25) is 0 Å². The van der Waals surface area contributed by atoms with Gasteiger partial charge in [-0.3, -0.25) is 4.79 Å². The molecule has 0 saturated carbocycles. The number of hydrogen-bond acceptors (Lipinski definition) is 2. The highest BCUT2D eigenvalue weighted by Gasteiger charge is 2.06. The van der Waals surface area contributed by atoms with Gasteiger partial charge in [0.1, 0.15) is 5.82 Å². The largest absolute Gasteiger partial charge is 0.323 e. The number of hydrogen-bond donors (Lipinski definition) is 2. The summed E-state index contributed by atoms with van der Waals surface area (Å²) in [5.41, 5.74) is 1.87. The van der Waals surface area contributed by atoms with E-state index in [4.69, 9.17) is 0 Å². The lowest BCUT2D eigenvalue weighted by Gasteiger charge is -2.09. The number of nitrogens with one attached hydrogen (secondary N) is 2. The van der Waals surface area contributed by atoms with Gasteiger partial charge in [0.2, 0.25) is 0 Å². The lowest BCUT2D eigenvalue weighted by molar-refractivity contribution is 0.101. The lowest BCUT2D eigenvalue weighted by Crippen LogP contribution is -2.19. The van der Waals surface area contributed by atoms with E-state index in [1.165, 1.54) is 13.0 Å². The molecule has 2 rings (SSSR count). The number of rotatable bonds is 3. The van der Waals surface area contributed by atoms with E-state index >= 15 is 0 Å². The average molecular weight is 286 g/mol. The number of halogens is 1. The third-order valence-corrected chi connectivity index (χ3v) is 2.96. The maximum atomic E-state index is 13.4. The number of ketones is 1. The molecule has 2 N–H and O–H groups in total. The van der Waals surface area contributed by atoms with Crippen molar-refractivity contribution in [2.75, 3.05) is 10.6 Å². The van der Waals surface area contributed by atoms with Crippen molar-refractivity contribution in [3.05, 3.63) is 59.4 Å². The van der Waals surface area contributed by atoms with Crippen LogP contribution in [0.25, 0.3) is 0 Å². The zero-order chi connectivity index (χ0) is 15.4. The highest BCUT2D eigenvalue weighted by molar-refractivity contribution is 6.01. The maximum absolute atomic E-state index is 13.4. The predicted octanol–water partition coefficient (Wildman–Crippen LogP) is 3.98. The van der Waals surface area contributed by atoms with Crippen molar-refractivity contribution in [3.8, 4) is 0 Å². The third kappa shape index (κ3) is 3.89. The van der Waals surface area contributed by atoms with Crippen LogP contribution in [0.1, 0.15) is 22.8 Å². The summed E-state index contributed by atoms with van der Waals surface area (Å²) < 4.78 is 13.4. The van der Waals surface area contributed by atoms with E-state index in [-0.39, 0.29) is 11.6 Å². The highest BCUT2D eigenvalue weighted by atomic mass is 19.1. The predicted molar refractivity (Wildman–Crippen MR) is 80.2 cm³/mol. The average Bonchev–Trinajstić information content (AvgIpc) is 2.43. The second-order valence-corrected chi connectivity index (χ2v) is 4.68. The molecule has 108 valence electrons. The van der Waals surface area contributed by atoms with Crippen LogP contribution in [0.15, 0.2) is 42.5 Å². The Morgan fingerprint density at radius 3 is 2.29 bits per heavy atom. The van der Waals surface area contributed by atoms with E-state index < -0.39 is 6.03 Å². The van der Waals surface area contributed by atoms with Crippen molar-refractivity contribution >= 4 is 23.2 Å². The number of Topliss-reactive ketones (excluding diaryl/α,β-unsaturated/α-hetero) is 1. The molecule has 5 heteroatoms. The van der Waals surface area contributed by atoms with Crippen molar-refractivity contribution in [2.45, 2.75) is 13.8 Å². The Balaban J connectivity index is 2.06. The zero-order valence-corrected chi connectivity index (χ0v) is 11.7. The van der Waals surface area contributed by atoms with Crippen molar-refractivity contribution in [3.63, 3.8) is 0 Å². The van der Waals surface area contributed by atoms with Gasteiger partial charge >= 0.3 is 6.03 Å². The van der Waals surface area contributed by atoms with E-state index in [0.29, 0.717) is 22.5 Å². The Hall–Kier alpha value is -2.69. The van der Waals surface area contributed by atoms with Gasteiger partial charge in [-0.2, -0.15) is 0 Å². The van der Waals surface area contributed by atoms with Gasteiger partial charge in [0.15, 0.2) is 5.78 Å². The first-order chi connectivity index (χ1) is 9.95. The summed E-state index contributed by atoms with van der Waals surface area (Å²) in [7, 11) is 0. The van der Waals surface area contributed by atoms with Crippen LogP contribution in [-0.2, 0) is 0 Å². The summed E-state index contributed by atoms with van der Waals surface area (Å²) in [6.07, 6.45) is 0. The minimum Gasteiger partial charge on any atom is -0.308 e. The summed E-state index contributed by atoms with van der Waals surface area (Å²) >= 11 is 0. The first kappa shape index (κ1) is 14.7. The van der Waals surface area contributed by atoms with Gasteiger partial charge in [0.25, 0.3) is 0 Å². The van der Waals surface area contributed by atoms with Crippen LogP contribution in [-0.4, -0.2) is 11.8 Å². The molecule has 0 aromatic heterocycles. The van der Waals surface area contributed by atoms with E-state index in [9.17, 15) is 14.0 Å². The second-order valence-electron chi connectivity index (χ2n) is 4.68. The summed E-state index contributed by atoms with van der Waals surface area (Å²) in [4.78, 5) is 23.1. The molecule has 0 fully saturated rings. The molecule has 0 aliphatic rings. The fourth-order valence-electron chi connectivity index (χ4n) is 1.78. The van der Waals surface area contributed by atoms with Gasteiger partial charge in [0.05, 0.1) is 0 Å². The molecule has 0 aliphatic heterocycles. The molecule has 2 aromatic rings. The Morgan fingerprint density at radius 1 is 1.00 bits per heavy atom. The molecule has 0 saturated heterocycles. The van der Waals surface area contributed by atoms with Crippen LogP contribution in [0, 0.1) is 12.7 Å². The van der Waals surface area contributed by atoms with Crippen LogP contribution in [0.3, 0.4) is 0 Å². The van der Waals surface area contributed by atoms with E-state index in [1.54, 1.807) is 43.3 Å². The summed E-state index contributed by atoms with van der Waals surface area (Å²) in [5.74, 6) is -0.467. The number of carbonyl (C=O) groups is 2. The van der Waals surface area contributed by atoms with Crippen LogP contribution in [0.5, 0.6) is 0 Å². The van der Waals surface area contributed by atoms with E-state index in [1.807, 2.05) is 0 Å². The van der Waals surface area contributed by atoms with Crippen molar-refractivity contribution in [1.82, 2.24) is 0 Å². The summed E-state index contributed by atoms with van der Waals surface area (Å²) in [6, 6.07) is 10.5. The molecule has 0 radical (unpaired) electrons. The molecule has 4 nitrogen and oxygen atoms in total. The number of urea groups is 1. The van der Waals surface area contributed by atoms with Gasteiger partial charge in [-0.05, 0) is 43.7 Å². The van der Waals surface area contributed by atoms with Gasteiger partial charge < -0.3 is 10.6 Å². The summed E-state index contributed by atoms with van der Waals surface area (Å²) in [5, 5.41) is 5.13. The Morgan fingerprint density at radius 2 is 1.67 bits per heavy atom. The first-order valence-corrected chi connectivity index (χ1v) is 6.41. The zero-order valence-electron chi connectivity index (χ0n) is 11.7. The fourth-order valence-corrected chi connectivity index (χ4v) is 1.78. The van der Waals surface area contributed by atoms with Gasteiger partial charge in [-0.25, -0.2) is 9.18 Å². The molecular weight excluding hydrogens is 271 g/mol. The van der Waals surface area contributed by atoms with Crippen LogP contribution >= 0.6 is 0 Å². The molecule has 0 heterocycles. The van der Waals surface area contributed by atoms with Gasteiger partial charge in [0, 0.05) is 16.9 Å². The molecule has 2 amide bonds. The SMILES string of the molecule is CC(=O)c1cccc(NC(=O)Nc2ccc(C)c(F)c2)c1. The molecule has 21 heavy (non-hydrogen) atoms. The van der Waals surface area contributed by atoms with Gasteiger partial charge in [-0.1, -0.05) is 18.2 Å². The number of amides is 2. The molecule has 0 spiro atoms. The number of anilines is 2. The smallest absolute Gasteiger partial charge is 0.308 e. The normalized spacial score (nSPS) is 10.0. The fraction of sp³-hybridized carbons (Fsp3) is 0.125. The molecule has 0 unspecified atom stereocenters. The second kappa shape index (κ2) is 6.17. The topological polar surface area (TPSA) is 58.2 Å². The maximum Gasteiger partial charge on any atom is 0.323 e. The van der Waals surface area contributed by atoms with E-state index in [2.05, 4.69) is 10.6 Å². The summed E-state index contributed by atoms with van der Waals surface area (Å²) in [6.45, 7) is 3.10. The van der Waals surface area contributed by atoms with Crippen LogP contribution < -0.4 is 10.6 Å². The molecule has 0 bridgehead atoms. The Kier molecular flexibility index (Phi) is 4.33. The van der Waals surface area contributed by atoms with E-state index in [0.717, 1.165) is 0 Å². The lowest BCUT2D eigenvalue weighted by atomic mass is 10.1. The van der Waals surface area contributed by atoms with Crippen molar-refractivity contribution in [1.29, 1.82) is 0 Å². The third-order valence-electron chi connectivity index (χ3n) is 2.96. The monoisotopic (exact) mass is 286 g/mol. The number of aryl methyl sites for hydroxylation is 1. The molecule has 2 aromatic carbocycles. The number of carbonyl (C=O) groups excluding carboxylic acids is 2. The molecule has 0 atom stereocenters. The highest BCUT2D eigenvalue weighted by Crippen LogP contribution is 2.15. The Labute approximate surface area is 122 Å². The minimum atomic E-state index is -0.501. The molecule has 0 aliphatic carbocycles. The van der Waals surface area contributed by atoms with Crippen LogP contribution in [0.4, 0.5) is 20.6 Å². The van der Waals surface area contributed by atoms with Gasteiger partial charge in [-0.15, -0.1) is 0 Å². The minimum absolute atomic E-state index is 0.0836. The quantitative estimate of drug-likeness (QED) is 0.838. The van der Waals surface area contributed by atoms with Crippen molar-refractivity contribution < 1.29 is 14.0 Å². The number of benzene rings is 2. The molecular formula is C16H15FN2O2. The first-order valence-electron chi connectivity index (χ1n) is 6.41. The standard InChI is InChI=1S/C16H15FN2O2/c1-10-6-7-14(9-15(10)17)19-16(21)18-13-5-3-4-12(8-13)11(2)20/h3-9H,1-2H3,(H2,18,19,21).